The van der Waals surface area contributed by atoms with Crippen molar-refractivity contribution in [2.45, 2.75) is 36.8 Å². The van der Waals surface area contributed by atoms with Gasteiger partial charge < -0.3 is 4.74 Å². The largest absolute Gasteiger partial charge is 0.378 e. The van der Waals surface area contributed by atoms with Crippen molar-refractivity contribution < 1.29 is 13.2 Å². The molecule has 2 aromatic carbocycles. The van der Waals surface area contributed by atoms with E-state index in [9.17, 15) is 8.42 Å². The molecule has 0 saturated heterocycles. The van der Waals surface area contributed by atoms with E-state index in [0.717, 1.165) is 23.6 Å². The highest BCUT2D eigenvalue weighted by Gasteiger charge is 2.33. The molecule has 112 valence electrons. The summed E-state index contributed by atoms with van der Waals surface area (Å²) in [5, 5.41) is 1.69. The first-order valence-corrected chi connectivity index (χ1v) is 8.70. The SMILES string of the molecule is CCOC1CC(NS(=O)(=O)c2cccc3ccccc23)C1. The van der Waals surface area contributed by atoms with Gasteiger partial charge in [-0.2, -0.15) is 0 Å². The summed E-state index contributed by atoms with van der Waals surface area (Å²) in [7, 11) is -3.49. The van der Waals surface area contributed by atoms with E-state index in [1.54, 1.807) is 12.1 Å². The Labute approximate surface area is 125 Å². The predicted molar refractivity (Wildman–Crippen MR) is 82.7 cm³/mol. The van der Waals surface area contributed by atoms with E-state index in [2.05, 4.69) is 4.72 Å². The van der Waals surface area contributed by atoms with Crippen molar-refractivity contribution in [3.63, 3.8) is 0 Å². The summed E-state index contributed by atoms with van der Waals surface area (Å²) in [4.78, 5) is 0.348. The van der Waals surface area contributed by atoms with Crippen molar-refractivity contribution in [2.75, 3.05) is 6.61 Å². The molecule has 2 aromatic rings. The van der Waals surface area contributed by atoms with Crippen LogP contribution in [0.4, 0.5) is 0 Å². The van der Waals surface area contributed by atoms with Gasteiger partial charge in [-0.3, -0.25) is 0 Å². The smallest absolute Gasteiger partial charge is 0.241 e. The first kappa shape index (κ1) is 14.5. The van der Waals surface area contributed by atoms with E-state index in [1.165, 1.54) is 0 Å². The maximum Gasteiger partial charge on any atom is 0.241 e. The number of sulfonamides is 1. The van der Waals surface area contributed by atoms with E-state index in [0.29, 0.717) is 11.5 Å². The molecule has 4 nitrogen and oxygen atoms in total. The molecule has 0 atom stereocenters. The van der Waals surface area contributed by atoms with E-state index < -0.39 is 10.0 Å². The molecule has 1 fully saturated rings. The lowest BCUT2D eigenvalue weighted by atomic mass is 9.90. The Morgan fingerprint density at radius 3 is 2.62 bits per heavy atom. The second-order valence-corrected chi connectivity index (χ2v) is 7.03. The van der Waals surface area contributed by atoms with Crippen molar-refractivity contribution in [3.8, 4) is 0 Å². The number of ether oxygens (including phenoxy) is 1. The van der Waals surface area contributed by atoms with Crippen LogP contribution in [0.3, 0.4) is 0 Å². The van der Waals surface area contributed by atoms with Gasteiger partial charge in [-0.25, -0.2) is 13.1 Å². The Bertz CT molecular complexity index is 731. The molecule has 1 saturated carbocycles. The lowest BCUT2D eigenvalue weighted by Gasteiger charge is -2.35. The van der Waals surface area contributed by atoms with Gasteiger partial charge in [-0.15, -0.1) is 0 Å². The van der Waals surface area contributed by atoms with Crippen LogP contribution in [0.15, 0.2) is 47.4 Å². The number of fused-ring (bicyclic) bond motifs is 1. The Kier molecular flexibility index (Phi) is 3.97. The minimum atomic E-state index is -3.49. The van der Waals surface area contributed by atoms with Gasteiger partial charge in [-0.05, 0) is 31.2 Å². The summed E-state index contributed by atoms with van der Waals surface area (Å²) in [5.41, 5.74) is 0. The summed E-state index contributed by atoms with van der Waals surface area (Å²) in [6.07, 6.45) is 1.69. The van der Waals surface area contributed by atoms with Gasteiger partial charge >= 0.3 is 0 Å². The minimum Gasteiger partial charge on any atom is -0.378 e. The number of hydrogen-bond donors (Lipinski definition) is 1. The van der Waals surface area contributed by atoms with Crippen molar-refractivity contribution in [3.05, 3.63) is 42.5 Å². The van der Waals surface area contributed by atoms with Crippen LogP contribution in [-0.2, 0) is 14.8 Å². The minimum absolute atomic E-state index is 0.0227. The molecule has 3 rings (SSSR count). The molecule has 0 amide bonds. The third-order valence-electron chi connectivity index (χ3n) is 3.86. The zero-order valence-electron chi connectivity index (χ0n) is 12.0. The van der Waals surface area contributed by atoms with Gasteiger partial charge in [0, 0.05) is 18.0 Å². The zero-order valence-corrected chi connectivity index (χ0v) is 12.8. The summed E-state index contributed by atoms with van der Waals surface area (Å²) in [5.74, 6) is 0. The Balaban J connectivity index is 1.81. The van der Waals surface area contributed by atoms with Crippen LogP contribution in [0.5, 0.6) is 0 Å². The van der Waals surface area contributed by atoms with Crippen molar-refractivity contribution in [2.24, 2.45) is 0 Å². The van der Waals surface area contributed by atoms with Gasteiger partial charge in [0.05, 0.1) is 11.0 Å². The number of benzene rings is 2. The molecule has 0 spiro atoms. The van der Waals surface area contributed by atoms with Gasteiger partial charge in [0.15, 0.2) is 0 Å². The molecule has 0 aromatic heterocycles. The molecule has 0 heterocycles. The van der Waals surface area contributed by atoms with Gasteiger partial charge in [0.25, 0.3) is 0 Å². The highest BCUT2D eigenvalue weighted by Crippen LogP contribution is 2.27. The number of hydrogen-bond acceptors (Lipinski definition) is 3. The molecular formula is C16H19NO3S. The molecule has 21 heavy (non-hydrogen) atoms. The second-order valence-electron chi connectivity index (χ2n) is 5.34. The maximum absolute atomic E-state index is 12.6. The van der Waals surface area contributed by atoms with E-state index in [1.807, 2.05) is 37.3 Å². The summed E-state index contributed by atoms with van der Waals surface area (Å²) >= 11 is 0. The normalized spacial score (nSPS) is 22.1. The predicted octanol–water partition coefficient (Wildman–Crippen LogP) is 2.69. The molecular weight excluding hydrogens is 286 g/mol. The fourth-order valence-corrected chi connectivity index (χ4v) is 4.24. The second kappa shape index (κ2) is 5.75. The van der Waals surface area contributed by atoms with Gasteiger partial charge in [0.1, 0.15) is 0 Å². The van der Waals surface area contributed by atoms with Crippen molar-refractivity contribution >= 4 is 20.8 Å². The highest BCUT2D eigenvalue weighted by atomic mass is 32.2. The summed E-state index contributed by atoms with van der Waals surface area (Å²) in [6.45, 7) is 2.63. The molecule has 0 aliphatic heterocycles. The van der Waals surface area contributed by atoms with Crippen LogP contribution in [0, 0.1) is 0 Å². The van der Waals surface area contributed by atoms with Gasteiger partial charge in [-0.1, -0.05) is 36.4 Å². The molecule has 0 bridgehead atoms. The standard InChI is InChI=1S/C16H19NO3S/c1-2-20-14-10-13(11-14)17-21(18,19)16-9-5-7-12-6-3-4-8-15(12)16/h3-9,13-14,17H,2,10-11H2,1H3. The van der Waals surface area contributed by atoms with E-state index in [-0.39, 0.29) is 12.1 Å². The van der Waals surface area contributed by atoms with Crippen molar-refractivity contribution in [1.29, 1.82) is 0 Å². The Morgan fingerprint density at radius 1 is 1.14 bits per heavy atom. The van der Waals surface area contributed by atoms with Crippen LogP contribution < -0.4 is 4.72 Å². The van der Waals surface area contributed by atoms with Crippen LogP contribution in [0.25, 0.3) is 10.8 Å². The molecule has 0 unspecified atom stereocenters. The molecule has 5 heteroatoms. The maximum atomic E-state index is 12.6. The van der Waals surface area contributed by atoms with Crippen LogP contribution >= 0.6 is 0 Å². The van der Waals surface area contributed by atoms with Crippen LogP contribution in [0.2, 0.25) is 0 Å². The first-order valence-electron chi connectivity index (χ1n) is 7.22. The molecule has 1 aliphatic rings. The third kappa shape index (κ3) is 2.95. The average molecular weight is 305 g/mol. The van der Waals surface area contributed by atoms with Crippen LogP contribution in [0.1, 0.15) is 19.8 Å². The first-order chi connectivity index (χ1) is 10.1. The summed E-state index contributed by atoms with van der Waals surface area (Å²) in [6, 6.07) is 12.9. The lowest BCUT2D eigenvalue weighted by molar-refractivity contribution is -0.00475. The topological polar surface area (TPSA) is 55.4 Å². The molecule has 0 radical (unpaired) electrons. The van der Waals surface area contributed by atoms with Crippen molar-refractivity contribution in [1.82, 2.24) is 4.72 Å². The monoisotopic (exact) mass is 305 g/mol. The summed E-state index contributed by atoms with van der Waals surface area (Å²) < 4.78 is 33.4. The van der Waals surface area contributed by atoms with E-state index >= 15 is 0 Å². The molecule has 1 aliphatic carbocycles. The van der Waals surface area contributed by atoms with Crippen LogP contribution in [-0.4, -0.2) is 27.2 Å². The van der Waals surface area contributed by atoms with E-state index in [4.69, 9.17) is 4.74 Å². The Morgan fingerprint density at radius 2 is 1.86 bits per heavy atom. The average Bonchev–Trinajstić information content (AvgIpc) is 2.44. The number of rotatable bonds is 5. The number of nitrogens with one attached hydrogen (secondary N) is 1. The highest BCUT2D eigenvalue weighted by molar-refractivity contribution is 7.89. The molecule has 1 N–H and O–H groups in total. The third-order valence-corrected chi connectivity index (χ3v) is 5.44. The fraction of sp³-hybridized carbons (Fsp3) is 0.375. The zero-order chi connectivity index (χ0) is 14.9. The van der Waals surface area contributed by atoms with Gasteiger partial charge in [0.2, 0.25) is 10.0 Å². The quantitative estimate of drug-likeness (QED) is 0.924. The Hall–Kier alpha value is -1.43. The lowest BCUT2D eigenvalue weighted by Crippen LogP contribution is -2.47. The fourth-order valence-electron chi connectivity index (χ4n) is 2.75.